The summed E-state index contributed by atoms with van der Waals surface area (Å²) < 4.78 is 6.61. The van der Waals surface area contributed by atoms with Gasteiger partial charge < -0.3 is 4.74 Å². The van der Waals surface area contributed by atoms with E-state index >= 15 is 0 Å². The largest absolute Gasteiger partial charge is 0.429 e. The first kappa shape index (κ1) is 14.2. The number of rotatable bonds is 2. The highest BCUT2D eigenvalue weighted by Crippen LogP contribution is 2.46. The van der Waals surface area contributed by atoms with Crippen molar-refractivity contribution in [2.24, 2.45) is 0 Å². The van der Waals surface area contributed by atoms with E-state index < -0.39 is 12.1 Å². The molecular weight excluding hydrogens is 358 g/mol. The second kappa shape index (κ2) is 5.35. The van der Waals surface area contributed by atoms with Crippen LogP contribution in [0.3, 0.4) is 0 Å². The standard InChI is InChI=1S/C18H12BrNO3/c19-13-8-6-11-7-9-15-17(14(11)10-13)16(18(23-15)20(21)22)12-4-2-1-3-5-12/h1-10,16,18H/t16-,18-/m0/s1. The topological polar surface area (TPSA) is 52.4 Å². The number of nitro groups is 1. The summed E-state index contributed by atoms with van der Waals surface area (Å²) in [5.41, 5.74) is 1.78. The predicted octanol–water partition coefficient (Wildman–Crippen LogP) is 4.73. The van der Waals surface area contributed by atoms with Gasteiger partial charge >= 0.3 is 6.23 Å². The van der Waals surface area contributed by atoms with Crippen molar-refractivity contribution in [1.29, 1.82) is 0 Å². The molecule has 0 unspecified atom stereocenters. The summed E-state index contributed by atoms with van der Waals surface area (Å²) in [6.45, 7) is 0. The maximum Gasteiger partial charge on any atom is 0.364 e. The predicted molar refractivity (Wildman–Crippen MR) is 91.3 cm³/mol. The van der Waals surface area contributed by atoms with E-state index in [1.165, 1.54) is 0 Å². The van der Waals surface area contributed by atoms with Gasteiger partial charge in [-0.15, -0.1) is 0 Å². The van der Waals surface area contributed by atoms with Gasteiger partial charge in [0.05, 0.1) is 4.92 Å². The molecule has 0 amide bonds. The third-order valence-electron chi connectivity index (χ3n) is 4.20. The lowest BCUT2D eigenvalue weighted by Crippen LogP contribution is -2.28. The van der Waals surface area contributed by atoms with Gasteiger partial charge in [0.15, 0.2) is 0 Å². The lowest BCUT2D eigenvalue weighted by atomic mass is 9.88. The molecule has 0 aliphatic carbocycles. The molecule has 3 aromatic carbocycles. The average Bonchev–Trinajstić information content (AvgIpc) is 2.96. The van der Waals surface area contributed by atoms with Gasteiger partial charge in [-0.2, -0.15) is 0 Å². The smallest absolute Gasteiger partial charge is 0.364 e. The summed E-state index contributed by atoms with van der Waals surface area (Å²) >= 11 is 3.49. The Kier molecular flexibility index (Phi) is 3.31. The van der Waals surface area contributed by atoms with Gasteiger partial charge in [-0.3, -0.25) is 10.1 Å². The van der Waals surface area contributed by atoms with E-state index in [0.29, 0.717) is 5.75 Å². The number of fused-ring (bicyclic) bond motifs is 3. The second-order valence-corrected chi connectivity index (χ2v) is 6.44. The van der Waals surface area contributed by atoms with Crippen molar-refractivity contribution in [1.82, 2.24) is 0 Å². The summed E-state index contributed by atoms with van der Waals surface area (Å²) in [5.74, 6) is 0.172. The Morgan fingerprint density at radius 3 is 2.52 bits per heavy atom. The number of halogens is 1. The zero-order chi connectivity index (χ0) is 16.0. The van der Waals surface area contributed by atoms with Crippen LogP contribution in [0.15, 0.2) is 65.1 Å². The summed E-state index contributed by atoms with van der Waals surface area (Å²) in [5, 5.41) is 13.6. The normalized spacial score (nSPS) is 19.3. The van der Waals surface area contributed by atoms with E-state index in [1.54, 1.807) is 0 Å². The van der Waals surface area contributed by atoms with Crippen molar-refractivity contribution in [3.63, 3.8) is 0 Å². The molecule has 23 heavy (non-hydrogen) atoms. The molecule has 2 atom stereocenters. The number of hydrogen-bond acceptors (Lipinski definition) is 3. The molecule has 4 rings (SSSR count). The maximum atomic E-state index is 11.5. The molecule has 1 heterocycles. The van der Waals surface area contributed by atoms with E-state index in [9.17, 15) is 10.1 Å². The third-order valence-corrected chi connectivity index (χ3v) is 4.69. The van der Waals surface area contributed by atoms with Crippen LogP contribution in [0, 0.1) is 10.1 Å². The monoisotopic (exact) mass is 369 g/mol. The first-order valence-corrected chi connectivity index (χ1v) is 8.02. The summed E-state index contributed by atoms with van der Waals surface area (Å²) in [6.07, 6.45) is -1.10. The first-order chi connectivity index (χ1) is 11.1. The molecule has 0 aromatic heterocycles. The van der Waals surface area contributed by atoms with Crippen LogP contribution in [0.4, 0.5) is 0 Å². The average molecular weight is 370 g/mol. The molecule has 1 aliphatic heterocycles. The minimum atomic E-state index is -1.10. The lowest BCUT2D eigenvalue weighted by Gasteiger charge is -2.14. The van der Waals surface area contributed by atoms with Gasteiger partial charge in [-0.1, -0.05) is 58.4 Å². The Labute approximate surface area is 141 Å². The molecular formula is C18H12BrNO3. The number of hydrogen-bond donors (Lipinski definition) is 0. The summed E-state index contributed by atoms with van der Waals surface area (Å²) in [6, 6.07) is 19.2. The Balaban J connectivity index is 2.01. The van der Waals surface area contributed by atoms with E-state index in [1.807, 2.05) is 60.7 Å². The molecule has 0 saturated heterocycles. The molecule has 0 N–H and O–H groups in total. The second-order valence-electron chi connectivity index (χ2n) is 5.52. The summed E-state index contributed by atoms with van der Waals surface area (Å²) in [4.78, 5) is 11.2. The van der Waals surface area contributed by atoms with E-state index in [-0.39, 0.29) is 4.92 Å². The Morgan fingerprint density at radius 1 is 1.04 bits per heavy atom. The van der Waals surface area contributed by atoms with Gasteiger partial charge in [0.2, 0.25) is 0 Å². The highest BCUT2D eigenvalue weighted by Gasteiger charge is 2.44. The van der Waals surface area contributed by atoms with Crippen LogP contribution >= 0.6 is 15.9 Å². The number of ether oxygens (including phenoxy) is 1. The fourth-order valence-electron chi connectivity index (χ4n) is 3.22. The number of nitrogens with zero attached hydrogens (tertiary/aromatic N) is 1. The van der Waals surface area contributed by atoms with E-state index in [4.69, 9.17) is 4.74 Å². The van der Waals surface area contributed by atoms with Crippen LogP contribution < -0.4 is 4.74 Å². The number of benzene rings is 3. The molecule has 5 heteroatoms. The van der Waals surface area contributed by atoms with Crippen LogP contribution in [0.5, 0.6) is 5.75 Å². The zero-order valence-electron chi connectivity index (χ0n) is 12.0. The van der Waals surface area contributed by atoms with Crippen molar-refractivity contribution in [3.8, 4) is 5.75 Å². The first-order valence-electron chi connectivity index (χ1n) is 7.22. The van der Waals surface area contributed by atoms with Crippen molar-refractivity contribution in [3.05, 3.63) is 86.4 Å². The molecule has 4 nitrogen and oxygen atoms in total. The molecule has 3 aromatic rings. The van der Waals surface area contributed by atoms with Gasteiger partial charge in [0, 0.05) is 10.0 Å². The molecule has 114 valence electrons. The molecule has 0 saturated carbocycles. The van der Waals surface area contributed by atoms with Crippen LogP contribution in [0.2, 0.25) is 0 Å². The fourth-order valence-corrected chi connectivity index (χ4v) is 3.58. The van der Waals surface area contributed by atoms with E-state index in [0.717, 1.165) is 26.4 Å². The van der Waals surface area contributed by atoms with E-state index in [2.05, 4.69) is 15.9 Å². The van der Waals surface area contributed by atoms with Crippen LogP contribution in [-0.2, 0) is 0 Å². The molecule has 0 bridgehead atoms. The quantitative estimate of drug-likeness (QED) is 0.484. The Morgan fingerprint density at radius 2 is 1.78 bits per heavy atom. The molecule has 0 radical (unpaired) electrons. The highest BCUT2D eigenvalue weighted by atomic mass is 79.9. The molecule has 0 spiro atoms. The zero-order valence-corrected chi connectivity index (χ0v) is 13.6. The Bertz CT molecular complexity index is 911. The van der Waals surface area contributed by atoms with Gasteiger partial charge in [-0.05, 0) is 34.5 Å². The fraction of sp³-hybridized carbons (Fsp3) is 0.111. The van der Waals surface area contributed by atoms with Crippen LogP contribution in [0.1, 0.15) is 17.0 Å². The highest BCUT2D eigenvalue weighted by molar-refractivity contribution is 9.10. The summed E-state index contributed by atoms with van der Waals surface area (Å²) in [7, 11) is 0. The minimum Gasteiger partial charge on any atom is -0.429 e. The van der Waals surface area contributed by atoms with Crippen molar-refractivity contribution in [2.75, 3.05) is 0 Å². The van der Waals surface area contributed by atoms with Gasteiger partial charge in [0.25, 0.3) is 0 Å². The van der Waals surface area contributed by atoms with Crippen LogP contribution in [-0.4, -0.2) is 11.2 Å². The van der Waals surface area contributed by atoms with Crippen molar-refractivity contribution >= 4 is 26.7 Å². The Hall–Kier alpha value is -2.40. The van der Waals surface area contributed by atoms with Crippen LogP contribution in [0.25, 0.3) is 10.8 Å². The maximum absolute atomic E-state index is 11.5. The van der Waals surface area contributed by atoms with Gasteiger partial charge in [-0.25, -0.2) is 0 Å². The minimum absolute atomic E-state index is 0.346. The molecule has 1 aliphatic rings. The molecule has 0 fully saturated rings. The van der Waals surface area contributed by atoms with Crippen molar-refractivity contribution in [2.45, 2.75) is 12.1 Å². The van der Waals surface area contributed by atoms with Gasteiger partial charge in [0.1, 0.15) is 11.7 Å². The lowest BCUT2D eigenvalue weighted by molar-refractivity contribution is -0.562. The SMILES string of the molecule is O=[N+]([O-])[C@H]1Oc2ccc3ccc(Br)cc3c2[C@@H]1c1ccccc1. The van der Waals surface area contributed by atoms with Crippen molar-refractivity contribution < 1.29 is 9.66 Å². The third kappa shape index (κ3) is 2.28.